The van der Waals surface area contributed by atoms with Gasteiger partial charge in [-0.25, -0.2) is 0 Å². The van der Waals surface area contributed by atoms with E-state index in [0.29, 0.717) is 0 Å². The number of fused-ring (bicyclic) bond motifs is 1. The monoisotopic (exact) mass is 273 g/mol. The van der Waals surface area contributed by atoms with Gasteiger partial charge in [0.1, 0.15) is 5.75 Å². The van der Waals surface area contributed by atoms with Gasteiger partial charge in [-0.2, -0.15) is 12.6 Å². The third kappa shape index (κ3) is 2.71. The molecule has 0 spiro atoms. The van der Waals surface area contributed by atoms with Gasteiger partial charge in [0, 0.05) is 23.1 Å². The van der Waals surface area contributed by atoms with Crippen LogP contribution in [-0.4, -0.2) is 17.3 Å². The van der Waals surface area contributed by atoms with E-state index < -0.39 is 0 Å². The Balaban J connectivity index is 1.74. The minimum atomic E-state index is 0.280. The van der Waals surface area contributed by atoms with Gasteiger partial charge in [-0.05, 0) is 36.8 Å². The molecule has 19 heavy (non-hydrogen) atoms. The number of ether oxygens (including phenoxy) is 1. The van der Waals surface area contributed by atoms with Crippen LogP contribution >= 0.6 is 12.6 Å². The first kappa shape index (κ1) is 12.8. The molecule has 0 atom stereocenters. The fourth-order valence-corrected chi connectivity index (χ4v) is 3.25. The fraction of sp³-hybridized carbons (Fsp3) is 0.438. The van der Waals surface area contributed by atoms with E-state index in [0.717, 1.165) is 29.0 Å². The van der Waals surface area contributed by atoms with E-state index in [9.17, 15) is 0 Å². The minimum absolute atomic E-state index is 0.280. The molecular weight excluding hydrogens is 254 g/mol. The van der Waals surface area contributed by atoms with Gasteiger partial charge < -0.3 is 4.74 Å². The molecule has 0 aliphatic heterocycles. The van der Waals surface area contributed by atoms with E-state index >= 15 is 0 Å². The molecule has 1 aliphatic carbocycles. The second-order valence-corrected chi connectivity index (χ2v) is 5.83. The number of hydrogen-bond donors (Lipinski definition) is 1. The summed E-state index contributed by atoms with van der Waals surface area (Å²) in [4.78, 5) is 4.36. The number of nitrogens with zero attached hydrogens (tertiary/aromatic N) is 1. The fourth-order valence-electron chi connectivity index (χ4n) is 2.85. The van der Waals surface area contributed by atoms with Crippen molar-refractivity contribution in [2.45, 2.75) is 25.7 Å². The molecule has 0 bridgehead atoms. The molecule has 2 nitrogen and oxygen atoms in total. The van der Waals surface area contributed by atoms with Gasteiger partial charge >= 0.3 is 0 Å². The first-order valence-electron chi connectivity index (χ1n) is 6.90. The van der Waals surface area contributed by atoms with Crippen LogP contribution in [0.25, 0.3) is 10.9 Å². The molecule has 0 N–H and O–H groups in total. The standard InChI is InChI=1S/C16H19NOS/c19-12-16(7-1-2-8-16)11-18-14-6-5-13-4-3-9-17-15(13)10-14/h3-6,9-10,19H,1-2,7-8,11-12H2. The molecule has 2 aromatic rings. The zero-order chi connectivity index (χ0) is 13.1. The molecule has 1 aromatic carbocycles. The normalized spacial score (nSPS) is 17.7. The molecule has 1 aliphatic rings. The lowest BCUT2D eigenvalue weighted by molar-refractivity contribution is 0.173. The summed E-state index contributed by atoms with van der Waals surface area (Å²) in [5.41, 5.74) is 1.27. The van der Waals surface area contributed by atoms with Gasteiger partial charge in [0.15, 0.2) is 0 Å². The molecule has 1 fully saturated rings. The van der Waals surface area contributed by atoms with Crippen molar-refractivity contribution in [1.29, 1.82) is 0 Å². The van der Waals surface area contributed by atoms with E-state index in [2.05, 4.69) is 29.7 Å². The first-order chi connectivity index (χ1) is 9.31. The largest absolute Gasteiger partial charge is 0.493 e. The Morgan fingerprint density at radius 2 is 2.05 bits per heavy atom. The van der Waals surface area contributed by atoms with Crippen molar-refractivity contribution in [3.8, 4) is 5.75 Å². The van der Waals surface area contributed by atoms with Crippen molar-refractivity contribution in [3.63, 3.8) is 0 Å². The molecule has 0 radical (unpaired) electrons. The first-order valence-corrected chi connectivity index (χ1v) is 7.53. The van der Waals surface area contributed by atoms with Crippen molar-refractivity contribution in [3.05, 3.63) is 36.5 Å². The number of benzene rings is 1. The second kappa shape index (κ2) is 5.41. The van der Waals surface area contributed by atoms with Crippen LogP contribution in [0.3, 0.4) is 0 Å². The third-order valence-corrected chi connectivity index (χ3v) is 4.79. The number of thiol groups is 1. The second-order valence-electron chi connectivity index (χ2n) is 5.51. The van der Waals surface area contributed by atoms with E-state index in [1.807, 2.05) is 24.4 Å². The van der Waals surface area contributed by atoms with Gasteiger partial charge in [0.2, 0.25) is 0 Å². The number of hydrogen-bond acceptors (Lipinski definition) is 3. The lowest BCUT2D eigenvalue weighted by Crippen LogP contribution is -2.27. The Labute approximate surface area is 119 Å². The molecule has 1 heterocycles. The van der Waals surface area contributed by atoms with E-state index in [1.165, 1.54) is 25.7 Å². The molecule has 1 aromatic heterocycles. The Bertz CT molecular complexity index is 563. The van der Waals surface area contributed by atoms with Crippen LogP contribution in [0.15, 0.2) is 36.5 Å². The number of aromatic nitrogens is 1. The maximum atomic E-state index is 6.00. The SMILES string of the molecule is SCC1(COc2ccc3cccnc3c2)CCCC1. The van der Waals surface area contributed by atoms with Crippen LogP contribution in [0.2, 0.25) is 0 Å². The molecule has 3 heteroatoms. The summed E-state index contributed by atoms with van der Waals surface area (Å²) in [5, 5.41) is 1.15. The predicted octanol–water partition coefficient (Wildman–Crippen LogP) is 4.10. The van der Waals surface area contributed by atoms with Gasteiger partial charge in [-0.15, -0.1) is 0 Å². The summed E-state index contributed by atoms with van der Waals surface area (Å²) >= 11 is 4.51. The van der Waals surface area contributed by atoms with Gasteiger partial charge in [-0.3, -0.25) is 4.98 Å². The van der Waals surface area contributed by atoms with Crippen molar-refractivity contribution in [1.82, 2.24) is 4.98 Å². The third-order valence-electron chi connectivity index (χ3n) is 4.12. The van der Waals surface area contributed by atoms with Crippen molar-refractivity contribution < 1.29 is 4.74 Å². The molecule has 0 unspecified atom stereocenters. The highest BCUT2D eigenvalue weighted by atomic mass is 32.1. The van der Waals surface area contributed by atoms with Crippen LogP contribution in [0.5, 0.6) is 5.75 Å². The van der Waals surface area contributed by atoms with Gasteiger partial charge in [0.25, 0.3) is 0 Å². The summed E-state index contributed by atoms with van der Waals surface area (Å²) in [6.07, 6.45) is 6.91. The predicted molar refractivity (Wildman–Crippen MR) is 82.0 cm³/mol. The van der Waals surface area contributed by atoms with Crippen LogP contribution in [0.1, 0.15) is 25.7 Å². The lowest BCUT2D eigenvalue weighted by Gasteiger charge is -2.26. The van der Waals surface area contributed by atoms with E-state index in [1.54, 1.807) is 0 Å². The van der Waals surface area contributed by atoms with Crippen LogP contribution < -0.4 is 4.74 Å². The summed E-state index contributed by atoms with van der Waals surface area (Å²) < 4.78 is 6.00. The maximum absolute atomic E-state index is 6.00. The highest BCUT2D eigenvalue weighted by Crippen LogP contribution is 2.39. The molecule has 1 saturated carbocycles. The summed E-state index contributed by atoms with van der Waals surface area (Å²) in [7, 11) is 0. The van der Waals surface area contributed by atoms with Crippen LogP contribution in [-0.2, 0) is 0 Å². The smallest absolute Gasteiger partial charge is 0.121 e. The summed E-state index contributed by atoms with van der Waals surface area (Å²) in [6.45, 7) is 0.773. The molecular formula is C16H19NOS. The zero-order valence-corrected chi connectivity index (χ0v) is 11.9. The highest BCUT2D eigenvalue weighted by Gasteiger charge is 2.33. The Morgan fingerprint density at radius 1 is 1.21 bits per heavy atom. The summed E-state index contributed by atoms with van der Waals surface area (Å²) in [6, 6.07) is 10.1. The highest BCUT2D eigenvalue weighted by molar-refractivity contribution is 7.80. The molecule has 100 valence electrons. The van der Waals surface area contributed by atoms with Crippen LogP contribution in [0.4, 0.5) is 0 Å². The minimum Gasteiger partial charge on any atom is -0.493 e. The Morgan fingerprint density at radius 3 is 2.84 bits per heavy atom. The molecule has 0 saturated heterocycles. The van der Waals surface area contributed by atoms with Crippen molar-refractivity contribution >= 4 is 23.5 Å². The van der Waals surface area contributed by atoms with Crippen molar-refractivity contribution in [2.75, 3.05) is 12.4 Å². The Hall–Kier alpha value is -1.22. The number of pyridine rings is 1. The van der Waals surface area contributed by atoms with Crippen LogP contribution in [0, 0.1) is 5.41 Å². The average Bonchev–Trinajstić information content (AvgIpc) is 2.94. The lowest BCUT2D eigenvalue weighted by atomic mass is 9.90. The van der Waals surface area contributed by atoms with Gasteiger partial charge in [-0.1, -0.05) is 18.9 Å². The molecule has 3 rings (SSSR count). The topological polar surface area (TPSA) is 22.1 Å². The summed E-state index contributed by atoms with van der Waals surface area (Å²) in [5.74, 6) is 1.83. The zero-order valence-electron chi connectivity index (χ0n) is 11.0. The van der Waals surface area contributed by atoms with E-state index in [4.69, 9.17) is 4.74 Å². The average molecular weight is 273 g/mol. The Kier molecular flexibility index (Phi) is 3.65. The molecule has 0 amide bonds. The number of rotatable bonds is 4. The van der Waals surface area contributed by atoms with Gasteiger partial charge in [0.05, 0.1) is 12.1 Å². The quantitative estimate of drug-likeness (QED) is 0.847. The van der Waals surface area contributed by atoms with Crippen molar-refractivity contribution in [2.24, 2.45) is 5.41 Å². The van der Waals surface area contributed by atoms with E-state index in [-0.39, 0.29) is 5.41 Å². The maximum Gasteiger partial charge on any atom is 0.121 e.